The Morgan fingerprint density at radius 3 is 2.53 bits per heavy atom. The van der Waals surface area contributed by atoms with Gasteiger partial charge in [-0.3, -0.25) is 4.79 Å². The lowest BCUT2D eigenvalue weighted by atomic mass is 10.1. The first-order valence-corrected chi connectivity index (χ1v) is 10.8. The second-order valence-electron chi connectivity index (χ2n) is 6.78. The molecule has 8 nitrogen and oxygen atoms in total. The molecule has 32 heavy (non-hydrogen) atoms. The summed E-state index contributed by atoms with van der Waals surface area (Å²) in [6.07, 6.45) is -3.12. The minimum absolute atomic E-state index is 0.00815. The van der Waals surface area contributed by atoms with Crippen LogP contribution >= 0.6 is 0 Å². The molecule has 2 heterocycles. The van der Waals surface area contributed by atoms with Crippen LogP contribution in [0, 0.1) is 5.95 Å². The van der Waals surface area contributed by atoms with Gasteiger partial charge < -0.3 is 10.2 Å². The molecular weight excluding hydrogens is 456 g/mol. The van der Waals surface area contributed by atoms with E-state index < -0.39 is 45.1 Å². The molecule has 0 atom stereocenters. The Bertz CT molecular complexity index is 1100. The number of aromatic nitrogens is 1. The highest BCUT2D eigenvalue weighted by Crippen LogP contribution is 2.31. The van der Waals surface area contributed by atoms with E-state index in [0.29, 0.717) is 11.8 Å². The van der Waals surface area contributed by atoms with Gasteiger partial charge >= 0.3 is 6.18 Å². The third-order valence-electron chi connectivity index (χ3n) is 4.50. The van der Waals surface area contributed by atoms with E-state index in [4.69, 9.17) is 4.84 Å². The number of anilines is 1. The highest BCUT2D eigenvalue weighted by atomic mass is 32.2. The zero-order chi connectivity index (χ0) is 23.4. The van der Waals surface area contributed by atoms with Gasteiger partial charge in [0.15, 0.2) is 6.61 Å². The van der Waals surface area contributed by atoms with Gasteiger partial charge in [0, 0.05) is 25.9 Å². The molecule has 0 radical (unpaired) electrons. The van der Waals surface area contributed by atoms with Crippen molar-refractivity contribution in [1.82, 2.24) is 9.29 Å². The smallest absolute Gasteiger partial charge is 0.386 e. The number of benzene rings is 1. The molecule has 1 N–H and O–H groups in total. The number of nitrogens with zero attached hydrogens (tertiary/aromatic N) is 3. The van der Waals surface area contributed by atoms with E-state index >= 15 is 0 Å². The zero-order valence-electron chi connectivity index (χ0n) is 16.5. The van der Waals surface area contributed by atoms with Crippen LogP contribution in [-0.4, -0.2) is 49.0 Å². The van der Waals surface area contributed by atoms with E-state index in [0.717, 1.165) is 34.8 Å². The topological polar surface area (TPSA) is 101 Å². The summed E-state index contributed by atoms with van der Waals surface area (Å²) in [6, 6.07) is 5.99. The van der Waals surface area contributed by atoms with Crippen LogP contribution in [0.15, 0.2) is 52.6 Å². The van der Waals surface area contributed by atoms with Crippen LogP contribution < -0.4 is 5.32 Å². The third kappa shape index (κ3) is 6.01. The summed E-state index contributed by atoms with van der Waals surface area (Å²) in [7, 11) is -4.10. The summed E-state index contributed by atoms with van der Waals surface area (Å²) in [5.74, 6) is -1.24. The summed E-state index contributed by atoms with van der Waals surface area (Å²) in [4.78, 5) is 19.7. The monoisotopic (exact) mass is 474 g/mol. The first kappa shape index (κ1) is 23.6. The standard InChI is InChI=1S/C19H18F4N4O4S/c20-17-5-4-15(11-24-17)25-18(28)12-31-26-14-6-8-27(9-7-14)32(29,30)16-3-1-2-13(10-16)19(21,22)23/h1-5,10-11H,6-9,12H2,(H,25,28). The predicted octanol–water partition coefficient (Wildman–Crippen LogP) is 3.04. The van der Waals surface area contributed by atoms with Crippen molar-refractivity contribution in [3.63, 3.8) is 0 Å². The van der Waals surface area contributed by atoms with E-state index in [-0.39, 0.29) is 31.6 Å². The van der Waals surface area contributed by atoms with E-state index in [1.165, 1.54) is 6.07 Å². The normalized spacial score (nSPS) is 15.3. The van der Waals surface area contributed by atoms with Crippen molar-refractivity contribution in [2.24, 2.45) is 5.16 Å². The maximum Gasteiger partial charge on any atom is 0.416 e. The molecule has 0 spiro atoms. The second-order valence-corrected chi connectivity index (χ2v) is 8.72. The first-order chi connectivity index (χ1) is 15.1. The summed E-state index contributed by atoms with van der Waals surface area (Å²) >= 11 is 0. The number of rotatable bonds is 6. The molecule has 0 aliphatic carbocycles. The molecule has 1 aliphatic heterocycles. The Morgan fingerprint density at radius 1 is 1.19 bits per heavy atom. The van der Waals surface area contributed by atoms with Crippen LogP contribution in [0.5, 0.6) is 0 Å². The number of hydrogen-bond donors (Lipinski definition) is 1. The molecule has 1 aliphatic rings. The van der Waals surface area contributed by atoms with Crippen LogP contribution in [-0.2, 0) is 25.8 Å². The maximum atomic E-state index is 12.9. The number of nitrogens with one attached hydrogen (secondary N) is 1. The second kappa shape index (κ2) is 9.61. The SMILES string of the molecule is O=C(CON=C1CCN(S(=O)(=O)c2cccc(C(F)(F)F)c2)CC1)Nc1ccc(F)nc1. The zero-order valence-corrected chi connectivity index (χ0v) is 17.3. The summed E-state index contributed by atoms with van der Waals surface area (Å²) in [6.45, 7) is -0.407. The van der Waals surface area contributed by atoms with Crippen LogP contribution in [0.2, 0.25) is 0 Å². The van der Waals surface area contributed by atoms with Crippen molar-refractivity contribution in [2.75, 3.05) is 25.0 Å². The fourth-order valence-electron chi connectivity index (χ4n) is 2.89. The summed E-state index contributed by atoms with van der Waals surface area (Å²) in [5.41, 5.74) is -0.251. The molecule has 0 bridgehead atoms. The Hall–Kier alpha value is -3.06. The fourth-order valence-corrected chi connectivity index (χ4v) is 4.37. The number of piperidine rings is 1. The van der Waals surface area contributed by atoms with E-state index in [1.54, 1.807) is 0 Å². The molecule has 1 amide bonds. The molecule has 2 aromatic rings. The van der Waals surface area contributed by atoms with E-state index in [9.17, 15) is 30.8 Å². The van der Waals surface area contributed by atoms with Gasteiger partial charge in [0.05, 0.1) is 28.1 Å². The van der Waals surface area contributed by atoms with Crippen LogP contribution in [0.3, 0.4) is 0 Å². The van der Waals surface area contributed by atoms with Gasteiger partial charge in [0.2, 0.25) is 16.0 Å². The number of amides is 1. The molecular formula is C19H18F4N4O4S. The molecule has 1 fully saturated rings. The quantitative estimate of drug-likeness (QED) is 0.394. The first-order valence-electron chi connectivity index (χ1n) is 9.32. The van der Waals surface area contributed by atoms with Gasteiger partial charge in [-0.2, -0.15) is 21.9 Å². The minimum atomic E-state index is -4.65. The number of carbonyl (C=O) groups is 1. The van der Waals surface area contributed by atoms with Crippen molar-refractivity contribution >= 4 is 27.3 Å². The van der Waals surface area contributed by atoms with Crippen molar-refractivity contribution in [3.05, 3.63) is 54.1 Å². The maximum absolute atomic E-state index is 12.9. The Morgan fingerprint density at radius 2 is 1.91 bits per heavy atom. The number of oxime groups is 1. The van der Waals surface area contributed by atoms with Gasteiger partial charge in [0.1, 0.15) is 0 Å². The predicted molar refractivity (Wildman–Crippen MR) is 106 cm³/mol. The van der Waals surface area contributed by atoms with Crippen molar-refractivity contribution in [3.8, 4) is 0 Å². The molecule has 1 aromatic carbocycles. The number of alkyl halides is 3. The molecule has 172 valence electrons. The molecule has 13 heteroatoms. The van der Waals surface area contributed by atoms with Crippen molar-refractivity contribution < 1.29 is 35.6 Å². The van der Waals surface area contributed by atoms with Gasteiger partial charge in [-0.25, -0.2) is 13.4 Å². The number of sulfonamides is 1. The summed E-state index contributed by atoms with van der Waals surface area (Å²) < 4.78 is 77.8. The van der Waals surface area contributed by atoms with Gasteiger partial charge in [-0.05, 0) is 30.3 Å². The van der Waals surface area contributed by atoms with Gasteiger partial charge in [-0.1, -0.05) is 11.2 Å². The molecule has 1 aromatic heterocycles. The lowest BCUT2D eigenvalue weighted by Crippen LogP contribution is -2.38. The highest BCUT2D eigenvalue weighted by molar-refractivity contribution is 7.89. The van der Waals surface area contributed by atoms with Crippen molar-refractivity contribution in [1.29, 1.82) is 0 Å². The lowest BCUT2D eigenvalue weighted by Gasteiger charge is -2.26. The molecule has 0 unspecified atom stereocenters. The molecule has 1 saturated heterocycles. The van der Waals surface area contributed by atoms with E-state index in [2.05, 4.69) is 15.5 Å². The number of carbonyl (C=O) groups excluding carboxylic acids is 1. The average molecular weight is 474 g/mol. The molecule has 0 saturated carbocycles. The average Bonchev–Trinajstić information content (AvgIpc) is 2.75. The third-order valence-corrected chi connectivity index (χ3v) is 6.39. The molecule has 3 rings (SSSR count). The van der Waals surface area contributed by atoms with Crippen LogP contribution in [0.1, 0.15) is 18.4 Å². The number of hydrogen-bond acceptors (Lipinski definition) is 6. The number of halogens is 4. The summed E-state index contributed by atoms with van der Waals surface area (Å²) in [5, 5.41) is 6.26. The van der Waals surface area contributed by atoms with Crippen molar-refractivity contribution in [2.45, 2.75) is 23.9 Å². The van der Waals surface area contributed by atoms with E-state index in [1.807, 2.05) is 0 Å². The van der Waals surface area contributed by atoms with Gasteiger partial charge in [-0.15, -0.1) is 0 Å². The minimum Gasteiger partial charge on any atom is -0.386 e. The Kier molecular flexibility index (Phi) is 7.09. The largest absolute Gasteiger partial charge is 0.416 e. The van der Waals surface area contributed by atoms with Gasteiger partial charge in [0.25, 0.3) is 5.91 Å². The fraction of sp³-hybridized carbons (Fsp3) is 0.316. The Balaban J connectivity index is 1.52. The highest BCUT2D eigenvalue weighted by Gasteiger charge is 2.33. The number of pyridine rings is 1. The van der Waals surface area contributed by atoms with Crippen LogP contribution in [0.4, 0.5) is 23.2 Å². The Labute approximate surface area is 180 Å². The van der Waals surface area contributed by atoms with Crippen LogP contribution in [0.25, 0.3) is 0 Å². The lowest BCUT2D eigenvalue weighted by molar-refractivity contribution is -0.137.